The molecule has 1 fully saturated rings. The molecule has 1 aliphatic heterocycles. The highest BCUT2D eigenvalue weighted by molar-refractivity contribution is 5.95. The molecule has 1 heterocycles. The molecule has 32 heavy (non-hydrogen) atoms. The molecule has 0 atom stereocenters. The summed E-state index contributed by atoms with van der Waals surface area (Å²) in [5, 5.41) is 0. The molecule has 0 spiro atoms. The van der Waals surface area contributed by atoms with Crippen LogP contribution in [-0.4, -0.2) is 61.5 Å². The van der Waals surface area contributed by atoms with Gasteiger partial charge in [0, 0.05) is 37.8 Å². The molecule has 0 bridgehead atoms. The van der Waals surface area contributed by atoms with Gasteiger partial charge in [0.25, 0.3) is 5.91 Å². The van der Waals surface area contributed by atoms with Gasteiger partial charge in [0.15, 0.2) is 11.5 Å². The smallest absolute Gasteiger partial charge is 0.253 e. The summed E-state index contributed by atoms with van der Waals surface area (Å²) < 4.78 is 11.2. The van der Waals surface area contributed by atoms with Crippen molar-refractivity contribution in [3.05, 3.63) is 65.2 Å². The zero-order valence-corrected chi connectivity index (χ0v) is 19.2. The van der Waals surface area contributed by atoms with E-state index in [-0.39, 0.29) is 11.8 Å². The zero-order chi connectivity index (χ0) is 22.9. The minimum atomic E-state index is -0.0605. The van der Waals surface area contributed by atoms with Gasteiger partial charge in [0.2, 0.25) is 5.91 Å². The first kappa shape index (κ1) is 23.4. The maximum Gasteiger partial charge on any atom is 0.253 e. The van der Waals surface area contributed by atoms with E-state index in [2.05, 4.69) is 6.92 Å². The quantitative estimate of drug-likeness (QED) is 0.460. The van der Waals surface area contributed by atoms with Crippen LogP contribution in [0, 0.1) is 6.92 Å². The number of rotatable bonds is 8. The number of carbonyl (C=O) groups excluding carboxylic acids is 2. The van der Waals surface area contributed by atoms with Crippen LogP contribution in [0.1, 0.15) is 41.3 Å². The zero-order valence-electron chi connectivity index (χ0n) is 19.2. The van der Waals surface area contributed by atoms with Gasteiger partial charge < -0.3 is 19.3 Å². The van der Waals surface area contributed by atoms with Crippen LogP contribution >= 0.6 is 0 Å². The molecule has 2 aromatic carbocycles. The van der Waals surface area contributed by atoms with Crippen molar-refractivity contribution in [3.8, 4) is 11.5 Å². The normalized spacial score (nSPS) is 14.0. The second-order valence-corrected chi connectivity index (χ2v) is 7.93. The molecule has 170 valence electrons. The van der Waals surface area contributed by atoms with E-state index in [4.69, 9.17) is 9.47 Å². The van der Waals surface area contributed by atoms with Gasteiger partial charge in [-0.15, -0.1) is 0 Å². The Labute approximate surface area is 190 Å². The molecule has 0 N–H and O–H groups in total. The summed E-state index contributed by atoms with van der Waals surface area (Å²) >= 11 is 0. The van der Waals surface area contributed by atoms with Crippen molar-refractivity contribution in [2.24, 2.45) is 0 Å². The van der Waals surface area contributed by atoms with Crippen LogP contribution in [0.15, 0.2) is 48.5 Å². The maximum absolute atomic E-state index is 12.7. The van der Waals surface area contributed by atoms with E-state index in [1.165, 1.54) is 0 Å². The minimum absolute atomic E-state index is 0.0148. The Bertz CT molecular complexity index is 945. The van der Waals surface area contributed by atoms with Crippen LogP contribution in [-0.2, 0) is 4.79 Å². The number of ether oxygens (including phenoxy) is 2. The highest BCUT2D eigenvalue weighted by Crippen LogP contribution is 2.28. The first-order chi connectivity index (χ1) is 15.5. The van der Waals surface area contributed by atoms with Gasteiger partial charge in [-0.1, -0.05) is 37.1 Å². The number of unbranched alkanes of at least 4 members (excludes halogenated alkanes) is 1. The third kappa shape index (κ3) is 6.13. The van der Waals surface area contributed by atoms with Crippen LogP contribution in [0.5, 0.6) is 11.5 Å². The number of amides is 2. The highest BCUT2D eigenvalue weighted by Gasteiger charge is 2.23. The second kappa shape index (κ2) is 11.4. The SMILES string of the molecule is CCCCOc1ccc(C=CC(=O)N2CCN(C(=O)c3ccc(C)cc3)CC2)cc1OC. The van der Waals surface area contributed by atoms with Crippen molar-refractivity contribution < 1.29 is 19.1 Å². The largest absolute Gasteiger partial charge is 0.493 e. The summed E-state index contributed by atoms with van der Waals surface area (Å²) in [4.78, 5) is 28.9. The number of carbonyl (C=O) groups is 2. The monoisotopic (exact) mass is 436 g/mol. The fourth-order valence-electron chi connectivity index (χ4n) is 3.52. The Hall–Kier alpha value is -3.28. The van der Waals surface area contributed by atoms with E-state index in [1.54, 1.807) is 29.1 Å². The third-order valence-electron chi connectivity index (χ3n) is 5.54. The number of methoxy groups -OCH3 is 1. The first-order valence-corrected chi connectivity index (χ1v) is 11.2. The molecule has 2 aromatic rings. The maximum atomic E-state index is 12.7. The van der Waals surface area contributed by atoms with E-state index in [0.717, 1.165) is 24.0 Å². The summed E-state index contributed by atoms with van der Waals surface area (Å²) in [5.41, 5.74) is 2.68. The van der Waals surface area contributed by atoms with Gasteiger partial charge >= 0.3 is 0 Å². The molecule has 1 aliphatic rings. The topological polar surface area (TPSA) is 59.1 Å². The van der Waals surface area contributed by atoms with E-state index < -0.39 is 0 Å². The van der Waals surface area contributed by atoms with Crippen LogP contribution in [0.25, 0.3) is 6.08 Å². The van der Waals surface area contributed by atoms with E-state index in [1.807, 2.05) is 49.4 Å². The summed E-state index contributed by atoms with van der Waals surface area (Å²) in [6.45, 7) is 6.88. The predicted molar refractivity (Wildman–Crippen MR) is 126 cm³/mol. The van der Waals surface area contributed by atoms with E-state index >= 15 is 0 Å². The Morgan fingerprint density at radius 3 is 2.31 bits per heavy atom. The molecule has 3 rings (SSSR count). The molecule has 0 aliphatic carbocycles. The van der Waals surface area contributed by atoms with Crippen LogP contribution in [0.2, 0.25) is 0 Å². The molecule has 6 heteroatoms. The van der Waals surface area contributed by atoms with Gasteiger partial charge in [-0.25, -0.2) is 0 Å². The highest BCUT2D eigenvalue weighted by atomic mass is 16.5. The molecule has 0 aromatic heterocycles. The Kier molecular flexibility index (Phi) is 8.31. The number of benzene rings is 2. The number of nitrogens with zero attached hydrogens (tertiary/aromatic N) is 2. The third-order valence-corrected chi connectivity index (χ3v) is 5.54. The number of hydrogen-bond acceptors (Lipinski definition) is 4. The Balaban J connectivity index is 1.54. The summed E-state index contributed by atoms with van der Waals surface area (Å²) in [7, 11) is 1.61. The minimum Gasteiger partial charge on any atom is -0.493 e. The van der Waals surface area contributed by atoms with Gasteiger partial charge in [-0.05, 0) is 49.2 Å². The first-order valence-electron chi connectivity index (χ1n) is 11.2. The van der Waals surface area contributed by atoms with Gasteiger partial charge in [0.1, 0.15) is 0 Å². The summed E-state index contributed by atoms with van der Waals surface area (Å²) in [6, 6.07) is 13.2. The van der Waals surface area contributed by atoms with Crippen LogP contribution < -0.4 is 9.47 Å². The number of piperazine rings is 1. The van der Waals surface area contributed by atoms with Crippen LogP contribution in [0.3, 0.4) is 0 Å². The second-order valence-electron chi connectivity index (χ2n) is 7.93. The van der Waals surface area contributed by atoms with E-state index in [9.17, 15) is 9.59 Å². The fraction of sp³-hybridized carbons (Fsp3) is 0.385. The molecule has 2 amide bonds. The predicted octanol–water partition coefficient (Wildman–Crippen LogP) is 4.18. The Morgan fingerprint density at radius 2 is 1.66 bits per heavy atom. The standard InChI is InChI=1S/C26H32N2O4/c1-4-5-18-32-23-12-8-21(19-24(23)31-3)9-13-25(29)27-14-16-28(17-15-27)26(30)22-10-6-20(2)7-11-22/h6-13,19H,4-5,14-18H2,1-3H3. The molecule has 0 radical (unpaired) electrons. The van der Waals surface area contributed by atoms with Gasteiger partial charge in [-0.3, -0.25) is 9.59 Å². The van der Waals surface area contributed by atoms with Crippen LogP contribution in [0.4, 0.5) is 0 Å². The van der Waals surface area contributed by atoms with Crippen molar-refractivity contribution in [3.63, 3.8) is 0 Å². The average Bonchev–Trinajstić information content (AvgIpc) is 2.83. The number of hydrogen-bond donors (Lipinski definition) is 0. The van der Waals surface area contributed by atoms with Gasteiger partial charge in [0.05, 0.1) is 13.7 Å². The lowest BCUT2D eigenvalue weighted by molar-refractivity contribution is -0.127. The molecule has 0 saturated carbocycles. The summed E-state index contributed by atoms with van der Waals surface area (Å²) in [5.74, 6) is 1.31. The fourth-order valence-corrected chi connectivity index (χ4v) is 3.52. The molecular weight excluding hydrogens is 404 g/mol. The lowest BCUT2D eigenvalue weighted by Gasteiger charge is -2.34. The van der Waals surface area contributed by atoms with Crippen molar-refractivity contribution >= 4 is 17.9 Å². The number of aryl methyl sites for hydroxylation is 1. The molecular formula is C26H32N2O4. The molecule has 0 unspecified atom stereocenters. The molecule has 6 nitrogen and oxygen atoms in total. The lowest BCUT2D eigenvalue weighted by Crippen LogP contribution is -2.50. The van der Waals surface area contributed by atoms with Crippen molar-refractivity contribution in [1.29, 1.82) is 0 Å². The average molecular weight is 437 g/mol. The van der Waals surface area contributed by atoms with Crippen molar-refractivity contribution in [2.75, 3.05) is 39.9 Å². The van der Waals surface area contributed by atoms with Crippen molar-refractivity contribution in [1.82, 2.24) is 9.80 Å². The van der Waals surface area contributed by atoms with E-state index in [0.29, 0.717) is 49.8 Å². The Morgan fingerprint density at radius 1 is 0.969 bits per heavy atom. The molecule has 1 saturated heterocycles. The van der Waals surface area contributed by atoms with Crippen molar-refractivity contribution in [2.45, 2.75) is 26.7 Å². The lowest BCUT2D eigenvalue weighted by atomic mass is 10.1. The van der Waals surface area contributed by atoms with Gasteiger partial charge in [-0.2, -0.15) is 0 Å². The summed E-state index contributed by atoms with van der Waals surface area (Å²) in [6.07, 6.45) is 5.41.